The van der Waals surface area contributed by atoms with Crippen LogP contribution in [0.15, 0.2) is 33.9 Å². The lowest BCUT2D eigenvalue weighted by Crippen LogP contribution is -2.38. The Hall–Kier alpha value is -3.11. The lowest BCUT2D eigenvalue weighted by molar-refractivity contribution is 0.0938. The topological polar surface area (TPSA) is 113 Å². The van der Waals surface area contributed by atoms with Crippen LogP contribution < -0.4 is 21.3 Å². The monoisotopic (exact) mass is 431 g/mol. The summed E-state index contributed by atoms with van der Waals surface area (Å²) in [5.74, 6) is 1.05. The molecule has 0 aliphatic heterocycles. The van der Waals surface area contributed by atoms with E-state index in [0.29, 0.717) is 24.8 Å². The molecule has 3 rings (SSSR count). The van der Waals surface area contributed by atoms with Gasteiger partial charge in [0, 0.05) is 34.4 Å². The number of methoxy groups -OCH3 is 1. The number of hydrogen-bond donors (Lipinski definition) is 2. The molecule has 2 heterocycles. The smallest absolute Gasteiger partial charge is 0.332 e. The fraction of sp³-hybridized carbons (Fsp3) is 0.476. The van der Waals surface area contributed by atoms with Crippen LogP contribution in [0.4, 0.5) is 5.95 Å². The van der Waals surface area contributed by atoms with Crippen molar-refractivity contribution in [3.63, 3.8) is 0 Å². The van der Waals surface area contributed by atoms with Crippen LogP contribution in [-0.2, 0) is 25.4 Å². The van der Waals surface area contributed by atoms with Crippen LogP contribution in [0.2, 0.25) is 0 Å². The summed E-state index contributed by atoms with van der Waals surface area (Å²) in [5, 5.41) is 13.8. The summed E-state index contributed by atoms with van der Waals surface area (Å²) in [4.78, 5) is 29.6. The van der Waals surface area contributed by atoms with E-state index in [0.717, 1.165) is 16.6 Å². The molecule has 0 aliphatic rings. The molecular weight excluding hydrogens is 402 g/mol. The van der Waals surface area contributed by atoms with Crippen molar-refractivity contribution in [2.45, 2.75) is 26.0 Å². The van der Waals surface area contributed by atoms with Gasteiger partial charge in [-0.15, -0.1) is 0 Å². The average Bonchev–Trinajstić information content (AvgIpc) is 3.11. The third-order valence-corrected chi connectivity index (χ3v) is 5.01. The Bertz CT molecular complexity index is 1150. The van der Waals surface area contributed by atoms with Gasteiger partial charge in [-0.25, -0.2) is 4.79 Å². The van der Waals surface area contributed by atoms with Crippen molar-refractivity contribution in [1.82, 2.24) is 18.7 Å². The zero-order chi connectivity index (χ0) is 22.5. The number of nitrogens with zero attached hydrogens (tertiary/aromatic N) is 4. The highest BCUT2D eigenvalue weighted by atomic mass is 16.5. The second-order valence-corrected chi connectivity index (χ2v) is 7.47. The predicted molar refractivity (Wildman–Crippen MR) is 118 cm³/mol. The third-order valence-electron chi connectivity index (χ3n) is 5.01. The Balaban J connectivity index is 1.89. The molecule has 1 atom stereocenters. The van der Waals surface area contributed by atoms with Crippen LogP contribution in [-0.4, -0.2) is 56.8 Å². The first-order valence-electron chi connectivity index (χ1n) is 10.1. The van der Waals surface area contributed by atoms with Gasteiger partial charge < -0.3 is 24.5 Å². The molecule has 31 heavy (non-hydrogen) atoms. The molecule has 0 bridgehead atoms. The van der Waals surface area contributed by atoms with Gasteiger partial charge in [0.2, 0.25) is 5.95 Å². The van der Waals surface area contributed by atoms with Crippen molar-refractivity contribution in [2.24, 2.45) is 14.1 Å². The van der Waals surface area contributed by atoms with Gasteiger partial charge in [-0.05, 0) is 25.5 Å². The van der Waals surface area contributed by atoms with Gasteiger partial charge in [0.05, 0.1) is 6.54 Å². The number of aromatic nitrogens is 4. The fourth-order valence-corrected chi connectivity index (χ4v) is 3.27. The Labute approximate surface area is 179 Å². The number of imidazole rings is 1. The summed E-state index contributed by atoms with van der Waals surface area (Å²) >= 11 is 0. The second kappa shape index (κ2) is 9.80. The Morgan fingerprint density at radius 1 is 1.16 bits per heavy atom. The van der Waals surface area contributed by atoms with Crippen LogP contribution in [0, 0.1) is 6.92 Å². The van der Waals surface area contributed by atoms with Gasteiger partial charge in [0.25, 0.3) is 5.56 Å². The van der Waals surface area contributed by atoms with Gasteiger partial charge in [0.1, 0.15) is 18.5 Å². The summed E-state index contributed by atoms with van der Waals surface area (Å²) in [6.07, 6.45) is -0.171. The molecule has 0 saturated heterocycles. The lowest BCUT2D eigenvalue weighted by atomic mass is 10.2. The molecule has 0 spiro atoms. The first-order chi connectivity index (χ1) is 14.8. The van der Waals surface area contributed by atoms with E-state index in [1.54, 1.807) is 18.7 Å². The minimum Gasteiger partial charge on any atom is -0.491 e. The van der Waals surface area contributed by atoms with E-state index < -0.39 is 17.4 Å². The molecular formula is C21H29N5O5. The van der Waals surface area contributed by atoms with E-state index in [-0.39, 0.29) is 24.3 Å². The highest BCUT2D eigenvalue weighted by Crippen LogP contribution is 2.17. The van der Waals surface area contributed by atoms with E-state index in [9.17, 15) is 14.7 Å². The SMILES string of the molecule is COCCCNc1nc2c(c(=O)n(C)c(=O)n2C)n1C[C@@H](O)COc1ccc(C)cc1. The quantitative estimate of drug-likeness (QED) is 0.453. The van der Waals surface area contributed by atoms with Crippen molar-refractivity contribution >= 4 is 17.1 Å². The molecule has 0 amide bonds. The van der Waals surface area contributed by atoms with E-state index in [1.165, 1.54) is 11.6 Å². The zero-order valence-corrected chi connectivity index (χ0v) is 18.3. The zero-order valence-electron chi connectivity index (χ0n) is 18.3. The molecule has 10 heteroatoms. The Morgan fingerprint density at radius 2 is 1.87 bits per heavy atom. The maximum atomic E-state index is 12.8. The summed E-state index contributed by atoms with van der Waals surface area (Å²) in [5.41, 5.74) is 0.684. The average molecular weight is 431 g/mol. The molecule has 10 nitrogen and oxygen atoms in total. The number of rotatable bonds is 10. The maximum absolute atomic E-state index is 12.8. The predicted octanol–water partition coefficient (Wildman–Crippen LogP) is 0.630. The molecule has 0 aliphatic carbocycles. The number of fused-ring (bicyclic) bond motifs is 1. The van der Waals surface area contributed by atoms with Crippen molar-refractivity contribution < 1.29 is 14.6 Å². The summed E-state index contributed by atoms with van der Waals surface area (Å²) in [6, 6.07) is 7.53. The molecule has 0 saturated carbocycles. The summed E-state index contributed by atoms with van der Waals surface area (Å²) < 4.78 is 14.7. The van der Waals surface area contributed by atoms with Gasteiger partial charge in [-0.2, -0.15) is 4.98 Å². The molecule has 2 N–H and O–H groups in total. The fourth-order valence-electron chi connectivity index (χ4n) is 3.27. The molecule has 168 valence electrons. The summed E-state index contributed by atoms with van der Waals surface area (Å²) in [6.45, 7) is 3.22. The minimum absolute atomic E-state index is 0.0396. The number of hydrogen-bond acceptors (Lipinski definition) is 7. The molecule has 0 fully saturated rings. The van der Waals surface area contributed by atoms with Gasteiger partial charge in [-0.1, -0.05) is 17.7 Å². The van der Waals surface area contributed by atoms with Gasteiger partial charge in [-0.3, -0.25) is 13.9 Å². The number of nitrogens with one attached hydrogen (secondary N) is 1. The van der Waals surface area contributed by atoms with Crippen LogP contribution in [0.25, 0.3) is 11.2 Å². The van der Waals surface area contributed by atoms with E-state index >= 15 is 0 Å². The van der Waals surface area contributed by atoms with Crippen molar-refractivity contribution in [1.29, 1.82) is 0 Å². The first-order valence-corrected chi connectivity index (χ1v) is 10.1. The summed E-state index contributed by atoms with van der Waals surface area (Å²) in [7, 11) is 4.61. The standard InChI is InChI=1S/C21H29N5O5/c1-14-6-8-16(9-7-14)31-13-15(27)12-26-17-18(23-20(26)22-10-5-11-30-4)24(2)21(29)25(3)19(17)28/h6-9,15,27H,5,10-13H2,1-4H3,(H,22,23)/t15-/m1/s1. The number of aryl methyl sites for hydroxylation is 2. The van der Waals surface area contributed by atoms with E-state index in [4.69, 9.17) is 9.47 Å². The number of benzene rings is 1. The van der Waals surface area contributed by atoms with Crippen molar-refractivity contribution in [2.75, 3.05) is 32.2 Å². The van der Waals surface area contributed by atoms with Gasteiger partial charge in [0.15, 0.2) is 11.2 Å². The molecule has 3 aromatic rings. The van der Waals surface area contributed by atoms with Crippen LogP contribution >= 0.6 is 0 Å². The number of anilines is 1. The van der Waals surface area contributed by atoms with Crippen LogP contribution in [0.1, 0.15) is 12.0 Å². The van der Waals surface area contributed by atoms with Crippen molar-refractivity contribution in [3.05, 3.63) is 50.7 Å². The highest BCUT2D eigenvalue weighted by molar-refractivity contribution is 5.74. The number of aliphatic hydroxyl groups is 1. The normalized spacial score (nSPS) is 12.3. The number of aliphatic hydroxyl groups excluding tert-OH is 1. The molecule has 0 unspecified atom stereocenters. The highest BCUT2D eigenvalue weighted by Gasteiger charge is 2.21. The van der Waals surface area contributed by atoms with Crippen LogP contribution in [0.5, 0.6) is 5.75 Å². The number of ether oxygens (including phenoxy) is 2. The van der Waals surface area contributed by atoms with Crippen LogP contribution in [0.3, 0.4) is 0 Å². The Morgan fingerprint density at radius 3 is 2.55 bits per heavy atom. The second-order valence-electron chi connectivity index (χ2n) is 7.47. The Kier molecular flexibility index (Phi) is 7.13. The molecule has 2 aromatic heterocycles. The maximum Gasteiger partial charge on any atom is 0.332 e. The largest absolute Gasteiger partial charge is 0.491 e. The molecule has 0 radical (unpaired) electrons. The minimum atomic E-state index is -0.903. The molecule has 1 aromatic carbocycles. The van der Waals surface area contributed by atoms with E-state index in [2.05, 4.69) is 10.3 Å². The van der Waals surface area contributed by atoms with E-state index in [1.807, 2.05) is 31.2 Å². The third kappa shape index (κ3) is 4.97. The first kappa shape index (κ1) is 22.6. The lowest BCUT2D eigenvalue weighted by Gasteiger charge is -2.16. The van der Waals surface area contributed by atoms with Crippen molar-refractivity contribution in [3.8, 4) is 5.75 Å². The van der Waals surface area contributed by atoms with Gasteiger partial charge >= 0.3 is 5.69 Å².